The number of carbonyl (C=O) groups excluding carboxylic acids is 1. The van der Waals surface area contributed by atoms with Crippen LogP contribution in [0.5, 0.6) is 5.75 Å². The van der Waals surface area contributed by atoms with Crippen molar-refractivity contribution in [3.63, 3.8) is 0 Å². The molecule has 2 nitrogen and oxygen atoms in total. The molecule has 31 heavy (non-hydrogen) atoms. The Labute approximate surface area is 184 Å². The van der Waals surface area contributed by atoms with Gasteiger partial charge < -0.3 is 4.74 Å². The molecule has 4 rings (SSSR count). The molecule has 0 spiro atoms. The van der Waals surface area contributed by atoms with Crippen molar-refractivity contribution in [3.05, 3.63) is 107 Å². The topological polar surface area (TPSA) is 26.3 Å². The molecule has 154 valence electrons. The van der Waals surface area contributed by atoms with Gasteiger partial charge in [0, 0.05) is 18.4 Å². The van der Waals surface area contributed by atoms with E-state index in [9.17, 15) is 4.79 Å². The summed E-state index contributed by atoms with van der Waals surface area (Å²) in [7, 11) is 1.69. The summed E-state index contributed by atoms with van der Waals surface area (Å²) in [4.78, 5) is 13.2. The average Bonchev–Trinajstić information content (AvgIpc) is 2.82. The molecule has 0 fully saturated rings. The molecule has 3 aromatic rings. The van der Waals surface area contributed by atoms with Gasteiger partial charge in [0.25, 0.3) is 0 Å². The first-order valence-corrected chi connectivity index (χ1v) is 10.7. The fraction of sp³-hybridized carbons (Fsp3) is 0.207. The molecule has 0 N–H and O–H groups in total. The lowest BCUT2D eigenvalue weighted by Crippen LogP contribution is -2.15. The number of methoxy groups -OCH3 is 1. The molecule has 1 aliphatic carbocycles. The standard InChI is InChI=1S/C29H26O2/c1-31-26-18-19-27-23(14-8-16-25(27)21-26)15-9-17-28(24-12-6-3-7-13-24)29(30)20-22-10-4-2-5-11-22/h2-7,10-14,18-19,21,28H,8,16-17,20H2,1H3. The van der Waals surface area contributed by atoms with Crippen LogP contribution in [0, 0.1) is 11.8 Å². The zero-order valence-corrected chi connectivity index (χ0v) is 17.8. The Morgan fingerprint density at radius 2 is 1.74 bits per heavy atom. The Balaban J connectivity index is 1.55. The highest BCUT2D eigenvalue weighted by Crippen LogP contribution is 2.29. The van der Waals surface area contributed by atoms with E-state index < -0.39 is 0 Å². The number of fused-ring (bicyclic) bond motifs is 1. The molecule has 0 radical (unpaired) electrons. The summed E-state index contributed by atoms with van der Waals surface area (Å²) in [6.45, 7) is 0. The Hall–Kier alpha value is -3.57. The van der Waals surface area contributed by atoms with Gasteiger partial charge in [0.05, 0.1) is 13.0 Å². The molecule has 1 atom stereocenters. The van der Waals surface area contributed by atoms with Crippen molar-refractivity contribution in [2.24, 2.45) is 0 Å². The van der Waals surface area contributed by atoms with E-state index in [1.54, 1.807) is 7.11 Å². The van der Waals surface area contributed by atoms with Crippen molar-refractivity contribution >= 4 is 11.4 Å². The predicted molar refractivity (Wildman–Crippen MR) is 126 cm³/mol. The summed E-state index contributed by atoms with van der Waals surface area (Å²) in [6, 6.07) is 26.1. The predicted octanol–water partition coefficient (Wildman–Crippen LogP) is 6.01. The lowest BCUT2D eigenvalue weighted by molar-refractivity contribution is -0.119. The highest BCUT2D eigenvalue weighted by molar-refractivity contribution is 5.88. The van der Waals surface area contributed by atoms with Gasteiger partial charge in [-0.2, -0.15) is 0 Å². The Morgan fingerprint density at radius 1 is 1.00 bits per heavy atom. The largest absolute Gasteiger partial charge is 0.497 e. The number of hydrogen-bond donors (Lipinski definition) is 0. The molecule has 0 saturated heterocycles. The van der Waals surface area contributed by atoms with Gasteiger partial charge in [0.2, 0.25) is 0 Å². The van der Waals surface area contributed by atoms with Crippen LogP contribution in [0.1, 0.15) is 41.0 Å². The summed E-state index contributed by atoms with van der Waals surface area (Å²) >= 11 is 0. The highest BCUT2D eigenvalue weighted by Gasteiger charge is 2.20. The van der Waals surface area contributed by atoms with Gasteiger partial charge in [-0.25, -0.2) is 0 Å². The number of Topliss-reactive ketones (excluding diaryl/α,β-unsaturated/α-hetero) is 1. The fourth-order valence-corrected chi connectivity index (χ4v) is 4.04. The molecule has 0 heterocycles. The molecule has 0 aromatic heterocycles. The van der Waals surface area contributed by atoms with E-state index in [2.05, 4.69) is 30.0 Å². The number of rotatable bonds is 6. The third-order valence-corrected chi connectivity index (χ3v) is 5.71. The minimum absolute atomic E-state index is 0.203. The van der Waals surface area contributed by atoms with Crippen molar-refractivity contribution in [2.45, 2.75) is 31.6 Å². The second-order valence-electron chi connectivity index (χ2n) is 7.78. The molecule has 1 unspecified atom stereocenters. The van der Waals surface area contributed by atoms with Crippen LogP contribution in [0.15, 0.2) is 84.9 Å². The zero-order chi connectivity index (χ0) is 21.5. The van der Waals surface area contributed by atoms with Crippen molar-refractivity contribution in [3.8, 4) is 17.6 Å². The van der Waals surface area contributed by atoms with E-state index >= 15 is 0 Å². The van der Waals surface area contributed by atoms with Crippen LogP contribution in [0.4, 0.5) is 0 Å². The number of hydrogen-bond acceptors (Lipinski definition) is 2. The molecule has 0 saturated carbocycles. The first kappa shape index (κ1) is 20.7. The smallest absolute Gasteiger partial charge is 0.145 e. The first-order valence-electron chi connectivity index (χ1n) is 10.7. The third-order valence-electron chi connectivity index (χ3n) is 5.71. The van der Waals surface area contributed by atoms with Crippen LogP contribution in [-0.2, 0) is 17.6 Å². The van der Waals surface area contributed by atoms with E-state index in [0.717, 1.165) is 35.3 Å². The van der Waals surface area contributed by atoms with Gasteiger partial charge in [-0.1, -0.05) is 78.6 Å². The van der Waals surface area contributed by atoms with Crippen LogP contribution >= 0.6 is 0 Å². The summed E-state index contributed by atoms with van der Waals surface area (Å²) in [5, 5.41) is 0. The molecule has 0 bridgehead atoms. The molecule has 3 aromatic carbocycles. The monoisotopic (exact) mass is 406 g/mol. The maximum Gasteiger partial charge on any atom is 0.145 e. The third kappa shape index (κ3) is 5.13. The minimum Gasteiger partial charge on any atom is -0.497 e. The van der Waals surface area contributed by atoms with Crippen LogP contribution in [0.25, 0.3) is 5.57 Å². The molecular formula is C29H26O2. The fourth-order valence-electron chi connectivity index (χ4n) is 4.04. The number of carbonyl (C=O) groups is 1. The number of aryl methyl sites for hydroxylation is 1. The Bertz CT molecular complexity index is 1130. The lowest BCUT2D eigenvalue weighted by Gasteiger charge is -2.16. The molecule has 0 aliphatic heterocycles. The Morgan fingerprint density at radius 3 is 2.48 bits per heavy atom. The van der Waals surface area contributed by atoms with Crippen LogP contribution in [0.2, 0.25) is 0 Å². The van der Waals surface area contributed by atoms with Gasteiger partial charge in [-0.3, -0.25) is 4.79 Å². The van der Waals surface area contributed by atoms with Crippen LogP contribution < -0.4 is 4.74 Å². The van der Waals surface area contributed by atoms with Crippen LogP contribution in [0.3, 0.4) is 0 Å². The summed E-state index contributed by atoms with van der Waals surface area (Å²) in [5.41, 5.74) is 5.56. The second kappa shape index (κ2) is 9.96. The summed E-state index contributed by atoms with van der Waals surface area (Å²) < 4.78 is 5.36. The summed E-state index contributed by atoms with van der Waals surface area (Å²) in [6.07, 6.45) is 5.11. The number of ether oxygens (including phenoxy) is 1. The van der Waals surface area contributed by atoms with E-state index in [1.807, 2.05) is 66.7 Å². The van der Waals surface area contributed by atoms with Gasteiger partial charge >= 0.3 is 0 Å². The summed E-state index contributed by atoms with van der Waals surface area (Å²) in [5.74, 6) is 7.53. The van der Waals surface area contributed by atoms with Gasteiger partial charge in [0.1, 0.15) is 11.5 Å². The molecule has 1 aliphatic rings. The maximum absolute atomic E-state index is 13.2. The number of ketones is 1. The zero-order valence-electron chi connectivity index (χ0n) is 17.8. The Kier molecular flexibility index (Phi) is 6.65. The van der Waals surface area contributed by atoms with Gasteiger partial charge in [-0.05, 0) is 53.3 Å². The van der Waals surface area contributed by atoms with Crippen molar-refractivity contribution in [1.82, 2.24) is 0 Å². The van der Waals surface area contributed by atoms with Crippen molar-refractivity contribution in [1.29, 1.82) is 0 Å². The van der Waals surface area contributed by atoms with Crippen molar-refractivity contribution < 1.29 is 9.53 Å². The average molecular weight is 407 g/mol. The van der Waals surface area contributed by atoms with Crippen LogP contribution in [-0.4, -0.2) is 12.9 Å². The SMILES string of the molecule is COc1ccc2c(c1)CCC=C2C#CCC(C(=O)Cc1ccccc1)c1ccccc1. The van der Waals surface area contributed by atoms with Crippen molar-refractivity contribution in [2.75, 3.05) is 7.11 Å². The highest BCUT2D eigenvalue weighted by atomic mass is 16.5. The first-order chi connectivity index (χ1) is 15.2. The van der Waals surface area contributed by atoms with E-state index in [1.165, 1.54) is 11.1 Å². The molecule has 2 heteroatoms. The molecular weight excluding hydrogens is 380 g/mol. The maximum atomic E-state index is 13.2. The number of allylic oxidation sites excluding steroid dienone is 2. The minimum atomic E-state index is -0.228. The quantitative estimate of drug-likeness (QED) is 0.468. The van der Waals surface area contributed by atoms with Gasteiger partial charge in [0.15, 0.2) is 0 Å². The normalized spacial score (nSPS) is 13.3. The van der Waals surface area contributed by atoms with E-state index in [0.29, 0.717) is 12.8 Å². The lowest BCUT2D eigenvalue weighted by atomic mass is 9.88. The molecule has 0 amide bonds. The second-order valence-corrected chi connectivity index (χ2v) is 7.78. The number of benzene rings is 3. The van der Waals surface area contributed by atoms with E-state index in [-0.39, 0.29) is 11.7 Å². The van der Waals surface area contributed by atoms with E-state index in [4.69, 9.17) is 4.74 Å². The van der Waals surface area contributed by atoms with Gasteiger partial charge in [-0.15, -0.1) is 0 Å².